The molecule has 0 N–H and O–H groups in total. The van der Waals surface area contributed by atoms with E-state index in [9.17, 15) is 4.79 Å². The van der Waals surface area contributed by atoms with E-state index < -0.39 is 0 Å². The van der Waals surface area contributed by atoms with E-state index in [0.29, 0.717) is 5.82 Å². The maximum Gasteiger partial charge on any atom is 0.282 e. The fourth-order valence-corrected chi connectivity index (χ4v) is 2.33. The van der Waals surface area contributed by atoms with Crippen molar-refractivity contribution in [1.82, 2.24) is 24.9 Å². The lowest BCUT2D eigenvalue weighted by Crippen LogP contribution is -2.12. The Morgan fingerprint density at radius 3 is 2.52 bits per heavy atom. The molecular formula is C18H13N5O2. The molecule has 122 valence electrons. The third-order valence-electron chi connectivity index (χ3n) is 3.67. The quantitative estimate of drug-likeness (QED) is 0.573. The molecule has 7 heteroatoms. The molecule has 3 aromatic heterocycles. The van der Waals surface area contributed by atoms with Crippen LogP contribution in [0, 0.1) is 6.92 Å². The molecule has 0 atom stereocenters. The van der Waals surface area contributed by atoms with Gasteiger partial charge in [-0.1, -0.05) is 22.9 Å². The lowest BCUT2D eigenvalue weighted by Gasteiger charge is -2.05. The molecule has 0 aliphatic carbocycles. The molecule has 0 aliphatic rings. The summed E-state index contributed by atoms with van der Waals surface area (Å²) in [5.74, 6) is 0.461. The van der Waals surface area contributed by atoms with Crippen LogP contribution in [0.2, 0.25) is 0 Å². The van der Waals surface area contributed by atoms with Gasteiger partial charge in [-0.3, -0.25) is 9.78 Å². The van der Waals surface area contributed by atoms with Crippen LogP contribution in [0.4, 0.5) is 0 Å². The van der Waals surface area contributed by atoms with Gasteiger partial charge in [-0.2, -0.15) is 10.1 Å². The molecule has 0 spiro atoms. The SMILES string of the molecule is Cc1ccc(-n2ccc(=O)c(-c3nc(-c4ccncc4)no3)n2)cc1. The second-order valence-electron chi connectivity index (χ2n) is 5.47. The van der Waals surface area contributed by atoms with Crippen molar-refractivity contribution < 1.29 is 4.52 Å². The van der Waals surface area contributed by atoms with Gasteiger partial charge in [0.1, 0.15) is 0 Å². The van der Waals surface area contributed by atoms with Gasteiger partial charge in [0, 0.05) is 30.2 Å². The van der Waals surface area contributed by atoms with Crippen molar-refractivity contribution in [1.29, 1.82) is 0 Å². The Hall–Kier alpha value is -3.61. The second kappa shape index (κ2) is 6.12. The molecule has 3 heterocycles. The highest BCUT2D eigenvalue weighted by molar-refractivity contribution is 5.56. The predicted octanol–water partition coefficient (Wildman–Crippen LogP) is 2.65. The van der Waals surface area contributed by atoms with Gasteiger partial charge in [-0.15, -0.1) is 0 Å². The minimum Gasteiger partial charge on any atom is -0.332 e. The minimum absolute atomic E-state index is 0.0817. The maximum absolute atomic E-state index is 12.2. The van der Waals surface area contributed by atoms with Crippen LogP contribution < -0.4 is 5.43 Å². The average Bonchev–Trinajstić information content (AvgIpc) is 3.14. The van der Waals surface area contributed by atoms with Crippen LogP contribution >= 0.6 is 0 Å². The van der Waals surface area contributed by atoms with E-state index in [-0.39, 0.29) is 17.0 Å². The molecule has 1 aromatic carbocycles. The molecule has 4 aromatic rings. The summed E-state index contributed by atoms with van der Waals surface area (Å²) < 4.78 is 6.84. The Kier molecular flexibility index (Phi) is 3.66. The maximum atomic E-state index is 12.2. The van der Waals surface area contributed by atoms with E-state index in [2.05, 4.69) is 20.2 Å². The Bertz CT molecular complexity index is 1070. The molecule has 0 radical (unpaired) electrons. The zero-order valence-corrected chi connectivity index (χ0v) is 13.3. The fourth-order valence-electron chi connectivity index (χ4n) is 2.33. The van der Waals surface area contributed by atoms with E-state index >= 15 is 0 Å². The van der Waals surface area contributed by atoms with Crippen molar-refractivity contribution in [2.24, 2.45) is 0 Å². The molecule has 0 saturated heterocycles. The summed E-state index contributed by atoms with van der Waals surface area (Å²) in [6.07, 6.45) is 4.88. The van der Waals surface area contributed by atoms with Crippen molar-refractivity contribution in [2.45, 2.75) is 6.92 Å². The number of hydrogen-bond donors (Lipinski definition) is 0. The van der Waals surface area contributed by atoms with Crippen molar-refractivity contribution in [2.75, 3.05) is 0 Å². The first kappa shape index (κ1) is 14.9. The van der Waals surface area contributed by atoms with E-state index in [0.717, 1.165) is 16.8 Å². The van der Waals surface area contributed by atoms with E-state index in [1.807, 2.05) is 31.2 Å². The van der Waals surface area contributed by atoms with Crippen LogP contribution in [0.3, 0.4) is 0 Å². The molecule has 0 fully saturated rings. The number of aromatic nitrogens is 5. The molecule has 0 unspecified atom stereocenters. The fraction of sp³-hybridized carbons (Fsp3) is 0.0556. The average molecular weight is 331 g/mol. The monoisotopic (exact) mass is 331 g/mol. The van der Waals surface area contributed by atoms with Crippen molar-refractivity contribution >= 4 is 0 Å². The molecule has 25 heavy (non-hydrogen) atoms. The Morgan fingerprint density at radius 1 is 1.00 bits per heavy atom. The zero-order valence-electron chi connectivity index (χ0n) is 13.3. The first-order valence-corrected chi connectivity index (χ1v) is 7.62. The van der Waals surface area contributed by atoms with Crippen LogP contribution in [0.1, 0.15) is 5.56 Å². The summed E-state index contributed by atoms with van der Waals surface area (Å²) in [6.45, 7) is 2.01. The highest BCUT2D eigenvalue weighted by Gasteiger charge is 2.16. The van der Waals surface area contributed by atoms with Crippen LogP contribution in [-0.4, -0.2) is 24.9 Å². The van der Waals surface area contributed by atoms with Gasteiger partial charge in [-0.05, 0) is 31.2 Å². The van der Waals surface area contributed by atoms with Gasteiger partial charge in [0.15, 0.2) is 5.69 Å². The van der Waals surface area contributed by atoms with E-state index in [4.69, 9.17) is 4.52 Å². The number of benzene rings is 1. The van der Waals surface area contributed by atoms with Gasteiger partial charge in [0.05, 0.1) is 5.69 Å². The third-order valence-corrected chi connectivity index (χ3v) is 3.67. The summed E-state index contributed by atoms with van der Waals surface area (Å²) in [6, 6.07) is 12.7. The Labute approximate surface area is 142 Å². The number of rotatable bonds is 3. The number of hydrogen-bond acceptors (Lipinski definition) is 6. The van der Waals surface area contributed by atoms with Crippen LogP contribution in [0.25, 0.3) is 28.7 Å². The van der Waals surface area contributed by atoms with Crippen molar-refractivity contribution in [3.63, 3.8) is 0 Å². The lowest BCUT2D eigenvalue weighted by atomic mass is 10.2. The minimum atomic E-state index is -0.284. The molecule has 0 aliphatic heterocycles. The zero-order chi connectivity index (χ0) is 17.2. The van der Waals surface area contributed by atoms with Crippen molar-refractivity contribution in [3.8, 4) is 28.7 Å². The summed E-state index contributed by atoms with van der Waals surface area (Å²) >= 11 is 0. The summed E-state index contributed by atoms with van der Waals surface area (Å²) in [5, 5.41) is 8.26. The van der Waals surface area contributed by atoms with E-state index in [1.54, 1.807) is 35.4 Å². The van der Waals surface area contributed by atoms with Crippen LogP contribution in [-0.2, 0) is 0 Å². The molecular weight excluding hydrogens is 318 g/mol. The molecule has 0 amide bonds. The molecule has 0 bridgehead atoms. The summed E-state index contributed by atoms with van der Waals surface area (Å²) in [5.41, 5.74) is 2.55. The topological polar surface area (TPSA) is 86.7 Å². The normalized spacial score (nSPS) is 10.8. The van der Waals surface area contributed by atoms with Crippen LogP contribution in [0.5, 0.6) is 0 Å². The Balaban J connectivity index is 1.76. The van der Waals surface area contributed by atoms with Gasteiger partial charge in [0.2, 0.25) is 11.3 Å². The summed E-state index contributed by atoms with van der Waals surface area (Å²) in [7, 11) is 0. The number of nitrogens with zero attached hydrogens (tertiary/aromatic N) is 5. The van der Waals surface area contributed by atoms with E-state index in [1.165, 1.54) is 6.07 Å². The van der Waals surface area contributed by atoms with Crippen LogP contribution in [0.15, 0.2) is 70.4 Å². The van der Waals surface area contributed by atoms with Gasteiger partial charge in [0.25, 0.3) is 5.89 Å². The Morgan fingerprint density at radius 2 is 1.76 bits per heavy atom. The third kappa shape index (κ3) is 2.94. The van der Waals surface area contributed by atoms with Crippen molar-refractivity contribution in [3.05, 3.63) is 76.8 Å². The highest BCUT2D eigenvalue weighted by atomic mass is 16.5. The molecule has 0 saturated carbocycles. The smallest absolute Gasteiger partial charge is 0.282 e. The van der Waals surface area contributed by atoms with Gasteiger partial charge in [-0.25, -0.2) is 4.68 Å². The van der Waals surface area contributed by atoms with Gasteiger partial charge >= 0.3 is 0 Å². The first-order valence-electron chi connectivity index (χ1n) is 7.62. The highest BCUT2D eigenvalue weighted by Crippen LogP contribution is 2.18. The standard InChI is InChI=1S/C18H13N5O2/c1-12-2-4-14(5-3-12)23-11-8-15(24)16(21-23)18-20-17(22-25-18)13-6-9-19-10-7-13/h2-11H,1H3. The lowest BCUT2D eigenvalue weighted by molar-refractivity contribution is 0.429. The largest absolute Gasteiger partial charge is 0.332 e. The second-order valence-corrected chi connectivity index (χ2v) is 5.47. The molecule has 7 nitrogen and oxygen atoms in total. The summed E-state index contributed by atoms with van der Waals surface area (Å²) in [4.78, 5) is 20.4. The predicted molar refractivity (Wildman–Crippen MR) is 91.1 cm³/mol. The number of pyridine rings is 1. The van der Waals surface area contributed by atoms with Gasteiger partial charge < -0.3 is 4.52 Å². The first-order chi connectivity index (χ1) is 12.2. The number of aryl methyl sites for hydroxylation is 1. The molecule has 4 rings (SSSR count).